The van der Waals surface area contributed by atoms with Crippen molar-refractivity contribution < 1.29 is 23.7 Å². The fraction of sp³-hybridized carbons (Fsp3) is 0.360. The molecule has 2 aromatic rings. The number of fused-ring (bicyclic) bond motifs is 1. The number of hydrogen-bond donors (Lipinski definition) is 0. The smallest absolute Gasteiger partial charge is 0.218 e. The van der Waals surface area contributed by atoms with E-state index in [1.165, 1.54) is 0 Å². The molecule has 1 saturated heterocycles. The van der Waals surface area contributed by atoms with Gasteiger partial charge in [-0.15, -0.1) is 0 Å². The number of hydrogen-bond acceptors (Lipinski definition) is 5. The van der Waals surface area contributed by atoms with Gasteiger partial charge in [0.1, 0.15) is 24.4 Å². The zero-order valence-corrected chi connectivity index (χ0v) is 16.8. The molecule has 156 valence electrons. The first-order valence-electron chi connectivity index (χ1n) is 10.4. The van der Waals surface area contributed by atoms with Crippen LogP contribution in [0.15, 0.2) is 85.0 Å². The summed E-state index contributed by atoms with van der Waals surface area (Å²) in [5.41, 5.74) is 2.19. The Bertz CT molecular complexity index is 881. The fourth-order valence-electron chi connectivity index (χ4n) is 4.24. The molecule has 1 spiro atoms. The van der Waals surface area contributed by atoms with Crippen LogP contribution in [0.4, 0.5) is 0 Å². The highest BCUT2D eigenvalue weighted by molar-refractivity contribution is 5.19. The summed E-state index contributed by atoms with van der Waals surface area (Å²) in [6.07, 6.45) is 6.63. The first-order valence-corrected chi connectivity index (χ1v) is 10.4. The SMILES string of the molecule is C1=CC2O[C@@]3(C=CCO3)C(OCc3ccccc3)C(OCc3ccccc3)[C@@H]2OC1. The average Bonchev–Trinajstić information content (AvgIpc) is 3.26. The maximum absolute atomic E-state index is 6.45. The Kier molecular flexibility index (Phi) is 5.79. The van der Waals surface area contributed by atoms with E-state index in [1.807, 2.05) is 72.8 Å². The molecule has 30 heavy (non-hydrogen) atoms. The lowest BCUT2D eigenvalue weighted by Crippen LogP contribution is -2.66. The van der Waals surface area contributed by atoms with E-state index in [4.69, 9.17) is 23.7 Å². The first kappa shape index (κ1) is 19.7. The third-order valence-corrected chi connectivity index (χ3v) is 5.69. The summed E-state index contributed by atoms with van der Waals surface area (Å²) >= 11 is 0. The lowest BCUT2D eigenvalue weighted by molar-refractivity contribution is -0.345. The largest absolute Gasteiger partial charge is 0.368 e. The van der Waals surface area contributed by atoms with Gasteiger partial charge in [-0.3, -0.25) is 0 Å². The third-order valence-electron chi connectivity index (χ3n) is 5.69. The summed E-state index contributed by atoms with van der Waals surface area (Å²) in [5, 5.41) is 0. The van der Waals surface area contributed by atoms with Crippen molar-refractivity contribution in [2.75, 3.05) is 13.2 Å². The van der Waals surface area contributed by atoms with Crippen molar-refractivity contribution in [3.8, 4) is 0 Å². The molecule has 5 nitrogen and oxygen atoms in total. The van der Waals surface area contributed by atoms with Gasteiger partial charge in [-0.2, -0.15) is 0 Å². The van der Waals surface area contributed by atoms with Gasteiger partial charge in [-0.25, -0.2) is 0 Å². The molecule has 3 unspecified atom stereocenters. The molecule has 5 heteroatoms. The van der Waals surface area contributed by atoms with Crippen molar-refractivity contribution in [1.82, 2.24) is 0 Å². The van der Waals surface area contributed by atoms with Crippen LogP contribution in [0.25, 0.3) is 0 Å². The van der Waals surface area contributed by atoms with Gasteiger partial charge in [0.2, 0.25) is 5.79 Å². The molecular weight excluding hydrogens is 380 g/mol. The molecule has 2 aromatic carbocycles. The van der Waals surface area contributed by atoms with Gasteiger partial charge in [0.25, 0.3) is 0 Å². The predicted octanol–water partition coefficient (Wildman–Crippen LogP) is 3.79. The Balaban J connectivity index is 1.42. The molecule has 3 aliphatic rings. The van der Waals surface area contributed by atoms with E-state index in [-0.39, 0.29) is 18.3 Å². The van der Waals surface area contributed by atoms with Gasteiger partial charge in [0.15, 0.2) is 0 Å². The number of benzene rings is 2. The molecule has 0 bridgehead atoms. The van der Waals surface area contributed by atoms with E-state index in [9.17, 15) is 0 Å². The maximum Gasteiger partial charge on any atom is 0.218 e. The van der Waals surface area contributed by atoms with E-state index in [1.54, 1.807) is 0 Å². The van der Waals surface area contributed by atoms with E-state index in [0.717, 1.165) is 11.1 Å². The Morgan fingerprint density at radius 1 is 0.833 bits per heavy atom. The molecule has 5 atom stereocenters. The fourth-order valence-corrected chi connectivity index (χ4v) is 4.24. The van der Waals surface area contributed by atoms with Crippen molar-refractivity contribution in [1.29, 1.82) is 0 Å². The van der Waals surface area contributed by atoms with E-state index < -0.39 is 11.9 Å². The van der Waals surface area contributed by atoms with Gasteiger partial charge in [-0.05, 0) is 17.2 Å². The van der Waals surface area contributed by atoms with Crippen molar-refractivity contribution >= 4 is 0 Å². The maximum atomic E-state index is 6.45. The summed E-state index contributed by atoms with van der Waals surface area (Å²) in [7, 11) is 0. The third kappa shape index (κ3) is 4.00. The molecule has 5 rings (SSSR count). The van der Waals surface area contributed by atoms with Crippen LogP contribution in [-0.2, 0) is 36.9 Å². The van der Waals surface area contributed by atoms with Crippen LogP contribution in [0.2, 0.25) is 0 Å². The minimum Gasteiger partial charge on any atom is -0.368 e. The Morgan fingerprint density at radius 2 is 1.53 bits per heavy atom. The molecule has 0 aliphatic carbocycles. The zero-order valence-electron chi connectivity index (χ0n) is 16.8. The summed E-state index contributed by atoms with van der Waals surface area (Å²) in [6, 6.07) is 20.2. The molecule has 0 saturated carbocycles. The van der Waals surface area contributed by atoms with E-state index >= 15 is 0 Å². The Labute approximate surface area is 176 Å². The monoisotopic (exact) mass is 406 g/mol. The van der Waals surface area contributed by atoms with E-state index in [2.05, 4.69) is 12.1 Å². The second kappa shape index (κ2) is 8.84. The molecular formula is C25H26O5. The van der Waals surface area contributed by atoms with Crippen LogP contribution in [0.3, 0.4) is 0 Å². The highest BCUT2D eigenvalue weighted by atomic mass is 16.7. The van der Waals surface area contributed by atoms with Gasteiger partial charge < -0.3 is 23.7 Å². The highest BCUT2D eigenvalue weighted by Gasteiger charge is 2.57. The second-order valence-electron chi connectivity index (χ2n) is 7.72. The first-order chi connectivity index (χ1) is 14.8. The van der Waals surface area contributed by atoms with Crippen LogP contribution in [0, 0.1) is 0 Å². The average molecular weight is 406 g/mol. The Hall–Kier alpha value is -2.28. The normalized spacial score (nSPS) is 32.4. The summed E-state index contributed by atoms with van der Waals surface area (Å²) in [5.74, 6) is -0.984. The molecule has 0 aromatic heterocycles. The zero-order chi connectivity index (χ0) is 20.2. The van der Waals surface area contributed by atoms with E-state index in [0.29, 0.717) is 26.4 Å². The number of rotatable bonds is 6. The van der Waals surface area contributed by atoms with Crippen molar-refractivity contribution in [2.45, 2.75) is 43.4 Å². The lowest BCUT2D eigenvalue weighted by atomic mass is 9.90. The highest BCUT2D eigenvalue weighted by Crippen LogP contribution is 2.41. The minimum absolute atomic E-state index is 0.251. The van der Waals surface area contributed by atoms with Crippen LogP contribution < -0.4 is 0 Å². The van der Waals surface area contributed by atoms with Crippen molar-refractivity contribution in [2.24, 2.45) is 0 Å². The van der Waals surface area contributed by atoms with Crippen LogP contribution in [-0.4, -0.2) is 43.4 Å². The predicted molar refractivity (Wildman–Crippen MR) is 112 cm³/mol. The summed E-state index contributed by atoms with van der Waals surface area (Å²) in [4.78, 5) is 0. The molecule has 0 amide bonds. The van der Waals surface area contributed by atoms with Crippen LogP contribution >= 0.6 is 0 Å². The van der Waals surface area contributed by atoms with Gasteiger partial charge >= 0.3 is 0 Å². The van der Waals surface area contributed by atoms with Crippen molar-refractivity contribution in [3.05, 3.63) is 96.1 Å². The molecule has 3 aliphatic heterocycles. The molecule has 0 radical (unpaired) electrons. The summed E-state index contributed by atoms with van der Waals surface area (Å²) < 4.78 is 31.4. The lowest BCUT2D eigenvalue weighted by Gasteiger charge is -2.50. The second-order valence-corrected chi connectivity index (χ2v) is 7.72. The van der Waals surface area contributed by atoms with Crippen molar-refractivity contribution in [3.63, 3.8) is 0 Å². The number of ether oxygens (including phenoxy) is 5. The standard InChI is InChI=1S/C25H26O5/c1-3-9-19(10-4-1)17-27-23-22-21(13-7-15-26-22)30-25(14-8-16-29-25)24(23)28-18-20-11-5-2-6-12-20/h1-14,21-24H,15-18H2/t21?,22-,23?,24?,25+/m1/s1. The minimum atomic E-state index is -0.984. The molecule has 1 fully saturated rings. The van der Waals surface area contributed by atoms with Crippen LogP contribution in [0.1, 0.15) is 11.1 Å². The van der Waals surface area contributed by atoms with Gasteiger partial charge in [0.05, 0.1) is 26.4 Å². The topological polar surface area (TPSA) is 46.2 Å². The molecule has 3 heterocycles. The van der Waals surface area contributed by atoms with Gasteiger partial charge in [-0.1, -0.05) is 78.9 Å². The molecule has 0 N–H and O–H groups in total. The summed E-state index contributed by atoms with van der Waals surface area (Å²) in [6.45, 7) is 1.92. The Morgan fingerprint density at radius 3 is 2.20 bits per heavy atom. The quantitative estimate of drug-likeness (QED) is 0.683. The van der Waals surface area contributed by atoms with Gasteiger partial charge in [0, 0.05) is 0 Å². The van der Waals surface area contributed by atoms with Crippen LogP contribution in [0.5, 0.6) is 0 Å².